The maximum Gasteiger partial charge on any atom is 0.339 e. The fourth-order valence-electron chi connectivity index (χ4n) is 2.34. The monoisotopic (exact) mass is 289 g/mol. The number of anilines is 1. The van der Waals surface area contributed by atoms with Gasteiger partial charge in [0.15, 0.2) is 0 Å². The minimum absolute atomic E-state index is 0.105. The van der Waals surface area contributed by atoms with Crippen molar-refractivity contribution in [2.45, 2.75) is 6.42 Å². The molecule has 0 unspecified atom stereocenters. The summed E-state index contributed by atoms with van der Waals surface area (Å²) < 4.78 is 15.5. The van der Waals surface area contributed by atoms with E-state index in [9.17, 15) is 9.59 Å². The second kappa shape index (κ2) is 5.12. The summed E-state index contributed by atoms with van der Waals surface area (Å²) in [6.07, 6.45) is 0.744. The molecule has 0 radical (unpaired) electrons. The van der Waals surface area contributed by atoms with Crippen LogP contribution in [0.5, 0.6) is 5.75 Å². The van der Waals surface area contributed by atoms with Crippen LogP contribution in [0.2, 0.25) is 0 Å². The molecule has 1 aromatic carbocycles. The first kappa shape index (κ1) is 13.5. The van der Waals surface area contributed by atoms with Crippen molar-refractivity contribution in [2.24, 2.45) is 11.8 Å². The molecule has 21 heavy (non-hydrogen) atoms. The lowest BCUT2D eigenvalue weighted by Crippen LogP contribution is -2.09. The van der Waals surface area contributed by atoms with Crippen molar-refractivity contribution in [1.29, 1.82) is 0 Å². The summed E-state index contributed by atoms with van der Waals surface area (Å²) in [5.41, 5.74) is 6.24. The van der Waals surface area contributed by atoms with Crippen LogP contribution in [0.3, 0.4) is 0 Å². The van der Waals surface area contributed by atoms with E-state index >= 15 is 0 Å². The molecule has 2 aromatic rings. The Morgan fingerprint density at radius 2 is 2.24 bits per heavy atom. The fourth-order valence-corrected chi connectivity index (χ4v) is 2.34. The number of esters is 1. The van der Waals surface area contributed by atoms with Crippen molar-refractivity contribution in [3.05, 3.63) is 34.7 Å². The van der Waals surface area contributed by atoms with Crippen LogP contribution < -0.4 is 16.1 Å². The number of hydrogen-bond donors (Lipinski definition) is 1. The zero-order valence-electron chi connectivity index (χ0n) is 11.5. The summed E-state index contributed by atoms with van der Waals surface area (Å²) in [6, 6.07) is 6.27. The van der Waals surface area contributed by atoms with E-state index in [-0.39, 0.29) is 17.8 Å². The molecule has 1 aromatic heterocycles. The van der Waals surface area contributed by atoms with E-state index < -0.39 is 5.63 Å². The predicted octanol–water partition coefficient (Wildman–Crippen LogP) is 1.56. The van der Waals surface area contributed by atoms with Gasteiger partial charge in [0.1, 0.15) is 11.3 Å². The molecule has 0 spiro atoms. The Morgan fingerprint density at radius 1 is 1.43 bits per heavy atom. The van der Waals surface area contributed by atoms with Crippen molar-refractivity contribution < 1.29 is 18.7 Å². The van der Waals surface area contributed by atoms with E-state index in [1.54, 1.807) is 18.2 Å². The Labute approximate surface area is 120 Å². The molecule has 6 heteroatoms. The third kappa shape index (κ3) is 2.69. The van der Waals surface area contributed by atoms with Gasteiger partial charge < -0.3 is 19.6 Å². The Balaban J connectivity index is 1.80. The van der Waals surface area contributed by atoms with E-state index in [2.05, 4.69) is 4.74 Å². The van der Waals surface area contributed by atoms with Crippen LogP contribution in [-0.2, 0) is 9.53 Å². The summed E-state index contributed by atoms with van der Waals surface area (Å²) in [7, 11) is 1.37. The molecule has 6 nitrogen and oxygen atoms in total. The van der Waals surface area contributed by atoms with Gasteiger partial charge >= 0.3 is 11.6 Å². The number of nitrogens with two attached hydrogens (primary N) is 1. The maximum atomic E-state index is 11.5. The van der Waals surface area contributed by atoms with E-state index in [1.165, 1.54) is 13.2 Å². The van der Waals surface area contributed by atoms with Crippen LogP contribution in [0.25, 0.3) is 11.0 Å². The zero-order valence-corrected chi connectivity index (χ0v) is 11.5. The Morgan fingerprint density at radius 3 is 3.00 bits per heavy atom. The second-order valence-electron chi connectivity index (χ2n) is 5.12. The summed E-state index contributed by atoms with van der Waals surface area (Å²) in [5, 5.41) is 0.643. The largest absolute Gasteiger partial charge is 0.492 e. The van der Waals surface area contributed by atoms with Crippen LogP contribution in [0.15, 0.2) is 33.5 Å². The molecule has 1 aliphatic carbocycles. The number of nitrogen functional groups attached to an aromatic ring is 1. The average molecular weight is 289 g/mol. The number of hydrogen-bond acceptors (Lipinski definition) is 6. The number of fused-ring (bicyclic) bond motifs is 1. The molecule has 2 N–H and O–H groups in total. The smallest absolute Gasteiger partial charge is 0.339 e. The van der Waals surface area contributed by atoms with Gasteiger partial charge in [-0.3, -0.25) is 4.79 Å². The zero-order chi connectivity index (χ0) is 15.0. The molecule has 1 heterocycles. The molecule has 1 saturated carbocycles. The molecule has 1 fully saturated rings. The summed E-state index contributed by atoms with van der Waals surface area (Å²) in [4.78, 5) is 22.9. The van der Waals surface area contributed by atoms with Crippen LogP contribution in [0, 0.1) is 11.8 Å². The summed E-state index contributed by atoms with van der Waals surface area (Å²) in [5.74, 6) is 0.224. The number of carbonyl (C=O) groups excluding carboxylic acids is 1. The topological polar surface area (TPSA) is 91.8 Å². The first-order valence-corrected chi connectivity index (χ1v) is 6.62. The summed E-state index contributed by atoms with van der Waals surface area (Å²) in [6.45, 7) is 0.354. The van der Waals surface area contributed by atoms with Gasteiger partial charge in [0.05, 0.1) is 31.1 Å². The second-order valence-corrected chi connectivity index (χ2v) is 5.12. The van der Waals surface area contributed by atoms with Crippen LogP contribution in [0.4, 0.5) is 5.69 Å². The van der Waals surface area contributed by atoms with Crippen LogP contribution in [-0.4, -0.2) is 19.7 Å². The van der Waals surface area contributed by atoms with Crippen molar-refractivity contribution in [2.75, 3.05) is 19.5 Å². The van der Waals surface area contributed by atoms with E-state index in [0.717, 1.165) is 6.42 Å². The molecule has 0 bridgehead atoms. The van der Waals surface area contributed by atoms with E-state index in [0.29, 0.717) is 29.0 Å². The lowest BCUT2D eigenvalue weighted by Gasteiger charge is -2.08. The van der Waals surface area contributed by atoms with Crippen molar-refractivity contribution >= 4 is 22.6 Å². The highest BCUT2D eigenvalue weighted by atomic mass is 16.5. The lowest BCUT2D eigenvalue weighted by atomic mass is 10.2. The Kier molecular flexibility index (Phi) is 3.29. The van der Waals surface area contributed by atoms with Crippen LogP contribution >= 0.6 is 0 Å². The van der Waals surface area contributed by atoms with Crippen LogP contribution in [0.1, 0.15) is 6.42 Å². The van der Waals surface area contributed by atoms with Gasteiger partial charge in [0, 0.05) is 11.6 Å². The highest BCUT2D eigenvalue weighted by molar-refractivity contribution is 5.86. The van der Waals surface area contributed by atoms with Gasteiger partial charge in [-0.1, -0.05) is 0 Å². The first-order chi connectivity index (χ1) is 10.1. The normalized spacial score (nSPS) is 20.2. The number of methoxy groups -OCH3 is 1. The molecular weight excluding hydrogens is 274 g/mol. The molecule has 0 amide bonds. The fraction of sp³-hybridized carbons (Fsp3) is 0.333. The SMILES string of the molecule is COC(=O)[C@H]1C[C@@H]1COc1cc(=O)oc2ccc(N)cc12. The van der Waals surface area contributed by atoms with Gasteiger partial charge in [0.25, 0.3) is 0 Å². The van der Waals surface area contributed by atoms with Crippen molar-refractivity contribution in [3.63, 3.8) is 0 Å². The summed E-state index contributed by atoms with van der Waals surface area (Å²) >= 11 is 0. The third-order valence-electron chi connectivity index (χ3n) is 3.61. The van der Waals surface area contributed by atoms with Crippen molar-refractivity contribution in [1.82, 2.24) is 0 Å². The van der Waals surface area contributed by atoms with Gasteiger partial charge in [0.2, 0.25) is 0 Å². The molecule has 3 rings (SSSR count). The molecule has 2 atom stereocenters. The van der Waals surface area contributed by atoms with Crippen molar-refractivity contribution in [3.8, 4) is 5.75 Å². The minimum Gasteiger partial charge on any atom is -0.492 e. The standard InChI is InChI=1S/C15H15NO5/c1-19-15(18)10-4-8(10)7-20-13-6-14(17)21-12-3-2-9(16)5-11(12)13/h2-3,5-6,8,10H,4,7,16H2,1H3/t8-,10+/m1/s1. The van der Waals surface area contributed by atoms with Gasteiger partial charge in [-0.25, -0.2) is 4.79 Å². The predicted molar refractivity (Wildman–Crippen MR) is 76.0 cm³/mol. The molecular formula is C15H15NO5. The van der Waals surface area contributed by atoms with Gasteiger partial charge in [-0.15, -0.1) is 0 Å². The third-order valence-corrected chi connectivity index (χ3v) is 3.61. The average Bonchev–Trinajstić information content (AvgIpc) is 3.24. The van der Waals surface area contributed by atoms with E-state index in [4.69, 9.17) is 14.9 Å². The number of ether oxygens (including phenoxy) is 2. The molecule has 0 aliphatic heterocycles. The molecule has 1 aliphatic rings. The minimum atomic E-state index is -0.484. The Bertz CT molecular complexity index is 751. The van der Waals surface area contributed by atoms with Gasteiger partial charge in [-0.2, -0.15) is 0 Å². The highest BCUT2D eigenvalue weighted by Gasteiger charge is 2.44. The first-order valence-electron chi connectivity index (χ1n) is 6.62. The lowest BCUT2D eigenvalue weighted by molar-refractivity contribution is -0.142. The molecule has 0 saturated heterocycles. The Hall–Kier alpha value is -2.50. The number of benzene rings is 1. The maximum absolute atomic E-state index is 11.5. The van der Waals surface area contributed by atoms with E-state index in [1.807, 2.05) is 0 Å². The molecule has 110 valence electrons. The van der Waals surface area contributed by atoms with Gasteiger partial charge in [-0.05, 0) is 24.6 Å². The number of rotatable bonds is 4. The highest BCUT2D eigenvalue weighted by Crippen LogP contribution is 2.40. The quantitative estimate of drug-likeness (QED) is 0.522. The number of carbonyl (C=O) groups is 1.